The first kappa shape index (κ1) is 11.0. The van der Waals surface area contributed by atoms with E-state index in [-0.39, 0.29) is 6.61 Å². The normalized spacial score (nSPS) is 13.1. The van der Waals surface area contributed by atoms with Crippen LogP contribution in [-0.2, 0) is 14.3 Å². The summed E-state index contributed by atoms with van der Waals surface area (Å²) in [5.41, 5.74) is 0. The van der Waals surface area contributed by atoms with Crippen LogP contribution in [0.2, 0.25) is 0 Å². The van der Waals surface area contributed by atoms with Gasteiger partial charge in [0.1, 0.15) is 0 Å². The molecule has 5 heteroatoms. The monoisotopic (exact) mass is 204 g/mol. The molecule has 0 heterocycles. The summed E-state index contributed by atoms with van der Waals surface area (Å²) >= 11 is 0. The predicted molar refractivity (Wildman–Crippen MR) is 51.0 cm³/mol. The average Bonchev–Trinajstić information content (AvgIpc) is 2.21. The summed E-state index contributed by atoms with van der Waals surface area (Å²) in [5.74, 6) is -1.75. The largest absolute Gasteiger partial charge is 0.480 e. The zero-order valence-electron chi connectivity index (χ0n) is 9.28. The van der Waals surface area contributed by atoms with Gasteiger partial charge in [0.25, 0.3) is 0 Å². The lowest BCUT2D eigenvalue weighted by Gasteiger charge is -2.13. The second-order valence-electron chi connectivity index (χ2n) is 2.89. The minimum absolute atomic E-state index is 0.0545. The Labute approximate surface area is 84.8 Å². The van der Waals surface area contributed by atoms with Crippen molar-refractivity contribution >= 4 is 11.9 Å². The van der Waals surface area contributed by atoms with Gasteiger partial charge < -0.3 is 15.2 Å². The highest BCUT2D eigenvalue weighted by molar-refractivity contribution is 5.82. The summed E-state index contributed by atoms with van der Waals surface area (Å²) in [4.78, 5) is 21.5. The van der Waals surface area contributed by atoms with Gasteiger partial charge in [-0.2, -0.15) is 0 Å². The molecule has 0 spiro atoms. The van der Waals surface area contributed by atoms with E-state index >= 15 is 0 Å². The van der Waals surface area contributed by atoms with Crippen LogP contribution in [0.15, 0.2) is 0 Å². The Kier molecular flexibility index (Phi) is 5.74. The van der Waals surface area contributed by atoms with Crippen molar-refractivity contribution in [2.24, 2.45) is 0 Å². The van der Waals surface area contributed by atoms with Gasteiger partial charge in [-0.05, 0) is 6.42 Å². The number of hydrogen-bond donors (Lipinski definition) is 2. The fourth-order valence-electron chi connectivity index (χ4n) is 0.817. The molecule has 14 heavy (non-hydrogen) atoms. The van der Waals surface area contributed by atoms with Crippen LogP contribution in [-0.4, -0.2) is 36.2 Å². The molecular weight excluding hydrogens is 186 g/mol. The van der Waals surface area contributed by atoms with Gasteiger partial charge in [-0.1, -0.05) is 13.3 Å². The summed E-state index contributed by atoms with van der Waals surface area (Å²) in [6, 6.07) is -1.06. The van der Waals surface area contributed by atoms with Gasteiger partial charge in [0.15, 0.2) is 6.04 Å². The number of hydrogen-bond acceptors (Lipinski definition) is 3. The summed E-state index contributed by atoms with van der Waals surface area (Å²) in [7, 11) is 0. The first-order valence-electron chi connectivity index (χ1n) is 5.21. The molecule has 82 valence electrons. The molecule has 1 atom stereocenters. The third-order valence-corrected chi connectivity index (χ3v) is 1.56. The summed E-state index contributed by atoms with van der Waals surface area (Å²) in [6.45, 7) is 1.96. The van der Waals surface area contributed by atoms with Gasteiger partial charge >= 0.3 is 5.97 Å². The molecule has 0 fully saturated rings. The highest BCUT2D eigenvalue weighted by Crippen LogP contribution is 1.91. The van der Waals surface area contributed by atoms with Gasteiger partial charge in [0, 0.05) is 14.9 Å². The van der Waals surface area contributed by atoms with Gasteiger partial charge in [0.05, 0.1) is 6.61 Å². The second kappa shape index (κ2) is 7.32. The molecule has 2 N–H and O–H groups in total. The van der Waals surface area contributed by atoms with E-state index in [0.717, 1.165) is 12.8 Å². The highest BCUT2D eigenvalue weighted by Gasteiger charge is 2.17. The maximum atomic E-state index is 10.8. The first-order valence-corrected chi connectivity index (χ1v) is 4.51. The molecule has 0 saturated carbocycles. The first-order chi connectivity index (χ1) is 7.11. The van der Waals surface area contributed by atoms with Gasteiger partial charge in [-0.15, -0.1) is 0 Å². The van der Waals surface area contributed by atoms with Crippen LogP contribution in [0.25, 0.3) is 0 Å². The van der Waals surface area contributed by atoms with Crippen LogP contribution < -0.4 is 5.32 Å². The number of carbonyl (C=O) groups is 2. The fraction of sp³-hybridized carbons (Fsp3) is 0.778. The number of unbranched alkanes of at least 4 members (excludes halogenated alkanes) is 1. The van der Waals surface area contributed by atoms with Crippen LogP contribution in [0.3, 0.4) is 0 Å². The van der Waals surface area contributed by atoms with E-state index in [1.807, 2.05) is 6.92 Å². The number of aliphatic carboxylic acids is 1. The lowest BCUT2D eigenvalue weighted by atomic mass is 10.3. The molecule has 0 aromatic carbocycles. The number of carboxylic acid groups (broad SMARTS) is 1. The standard InChI is InChI=1S/C9H17NO4/c1-3-4-5-14-6-8(9(12)13)10-7(2)11/h8H,3-6H2,1-2H3,(H,10,11)(H,12,13)/i2D. The molecule has 0 saturated heterocycles. The van der Waals surface area contributed by atoms with E-state index in [1.165, 1.54) is 0 Å². The number of amides is 1. The molecular formula is C9H17NO4. The van der Waals surface area contributed by atoms with Crippen LogP contribution in [0.1, 0.15) is 28.0 Å². The van der Waals surface area contributed by atoms with Gasteiger partial charge in [0.2, 0.25) is 5.91 Å². The topological polar surface area (TPSA) is 75.6 Å². The lowest BCUT2D eigenvalue weighted by molar-refractivity contribution is -0.143. The minimum Gasteiger partial charge on any atom is -0.480 e. The number of ether oxygens (including phenoxy) is 1. The molecule has 0 radical (unpaired) electrons. The van der Waals surface area contributed by atoms with Crippen molar-refractivity contribution in [2.45, 2.75) is 32.7 Å². The lowest BCUT2D eigenvalue weighted by Crippen LogP contribution is -2.43. The van der Waals surface area contributed by atoms with Crippen molar-refractivity contribution in [1.29, 1.82) is 0 Å². The number of carbonyl (C=O) groups excluding carboxylic acids is 1. The smallest absolute Gasteiger partial charge is 0.328 e. The average molecular weight is 204 g/mol. The number of carboxylic acids is 1. The summed E-state index contributed by atoms with van der Waals surface area (Å²) in [5, 5.41) is 10.9. The quantitative estimate of drug-likeness (QED) is 0.588. The van der Waals surface area contributed by atoms with E-state index in [2.05, 4.69) is 5.32 Å². The molecule has 0 aliphatic rings. The molecule has 5 nitrogen and oxygen atoms in total. The Morgan fingerprint density at radius 3 is 2.86 bits per heavy atom. The second-order valence-corrected chi connectivity index (χ2v) is 2.89. The van der Waals surface area contributed by atoms with Crippen molar-refractivity contribution < 1.29 is 20.8 Å². The van der Waals surface area contributed by atoms with Gasteiger partial charge in [-0.3, -0.25) is 4.79 Å². The molecule has 1 amide bonds. The zero-order chi connectivity index (χ0) is 11.7. The third kappa shape index (κ3) is 6.42. The predicted octanol–water partition coefficient (Wildman–Crippen LogP) is 0.392. The Hall–Kier alpha value is -1.10. The Morgan fingerprint density at radius 1 is 1.64 bits per heavy atom. The Balaban J connectivity index is 3.84. The van der Waals surface area contributed by atoms with Crippen molar-refractivity contribution in [2.75, 3.05) is 13.2 Å². The van der Waals surface area contributed by atoms with E-state index in [1.54, 1.807) is 0 Å². The molecule has 0 aromatic rings. The maximum absolute atomic E-state index is 10.8. The Morgan fingerprint density at radius 2 is 2.36 bits per heavy atom. The third-order valence-electron chi connectivity index (χ3n) is 1.56. The van der Waals surface area contributed by atoms with E-state index in [4.69, 9.17) is 11.2 Å². The van der Waals surface area contributed by atoms with Crippen molar-refractivity contribution in [1.82, 2.24) is 5.32 Å². The van der Waals surface area contributed by atoms with Crippen LogP contribution >= 0.6 is 0 Å². The zero-order valence-corrected chi connectivity index (χ0v) is 8.28. The van der Waals surface area contributed by atoms with Crippen molar-refractivity contribution in [3.8, 4) is 0 Å². The van der Waals surface area contributed by atoms with Crippen LogP contribution in [0.5, 0.6) is 0 Å². The highest BCUT2D eigenvalue weighted by atomic mass is 16.5. The number of nitrogens with one attached hydrogen (secondary N) is 1. The van der Waals surface area contributed by atoms with E-state index < -0.39 is 24.8 Å². The molecule has 1 unspecified atom stereocenters. The number of rotatable bonds is 7. The minimum atomic E-state index is -1.15. The van der Waals surface area contributed by atoms with Crippen LogP contribution in [0.4, 0.5) is 0 Å². The molecule has 0 rings (SSSR count). The Bertz CT molecular complexity index is 210. The summed E-state index contributed by atoms with van der Waals surface area (Å²) < 4.78 is 11.8. The molecule has 0 bridgehead atoms. The fourth-order valence-corrected chi connectivity index (χ4v) is 0.817. The van der Waals surface area contributed by atoms with Crippen molar-refractivity contribution in [3.05, 3.63) is 0 Å². The van der Waals surface area contributed by atoms with E-state index in [9.17, 15) is 9.59 Å². The SMILES string of the molecule is [2H]CC(=O)NC(COCCCC)C(=O)O. The molecule has 0 aliphatic heterocycles. The van der Waals surface area contributed by atoms with Gasteiger partial charge in [-0.25, -0.2) is 4.79 Å². The van der Waals surface area contributed by atoms with E-state index in [0.29, 0.717) is 6.61 Å². The summed E-state index contributed by atoms with van der Waals surface area (Å²) in [6.07, 6.45) is 1.83. The van der Waals surface area contributed by atoms with Crippen molar-refractivity contribution in [3.63, 3.8) is 0 Å². The molecule has 0 aliphatic carbocycles. The molecule has 0 aromatic heterocycles. The maximum Gasteiger partial charge on any atom is 0.328 e. The van der Waals surface area contributed by atoms with Crippen LogP contribution in [0, 0.1) is 0 Å².